The number of carbonyl (C=O) groups excluding carboxylic acids is 1. The Kier molecular flexibility index (Phi) is 5.68. The standard InChI is InChI=1S/C19H28N2O2/c20-18-10-4-9-17(18)19(22)21-12-11-16(14-21)23-13-5-8-15-6-2-1-3-7-15/h1-3,6-7,16-18H,4-5,8-14,20H2. The molecule has 1 saturated carbocycles. The lowest BCUT2D eigenvalue weighted by molar-refractivity contribution is -0.135. The Hall–Kier alpha value is -1.39. The molecule has 3 unspecified atom stereocenters. The van der Waals surface area contributed by atoms with Gasteiger partial charge in [0.1, 0.15) is 0 Å². The van der Waals surface area contributed by atoms with E-state index in [-0.39, 0.29) is 24.0 Å². The summed E-state index contributed by atoms with van der Waals surface area (Å²) in [4.78, 5) is 14.5. The first-order valence-corrected chi connectivity index (χ1v) is 8.94. The van der Waals surface area contributed by atoms with Crippen LogP contribution in [0.3, 0.4) is 0 Å². The molecule has 1 aromatic rings. The number of aryl methyl sites for hydroxylation is 1. The molecule has 0 radical (unpaired) electrons. The van der Waals surface area contributed by atoms with Crippen LogP contribution in [0.15, 0.2) is 30.3 Å². The maximum Gasteiger partial charge on any atom is 0.227 e. The predicted molar refractivity (Wildman–Crippen MR) is 91.0 cm³/mol. The maximum absolute atomic E-state index is 12.5. The van der Waals surface area contributed by atoms with Crippen LogP contribution in [0.1, 0.15) is 37.7 Å². The van der Waals surface area contributed by atoms with Gasteiger partial charge in [-0.15, -0.1) is 0 Å². The quantitative estimate of drug-likeness (QED) is 0.820. The minimum Gasteiger partial charge on any atom is -0.376 e. The van der Waals surface area contributed by atoms with Crippen molar-refractivity contribution in [3.8, 4) is 0 Å². The average molecular weight is 316 g/mol. The Labute approximate surface area is 139 Å². The fourth-order valence-electron chi connectivity index (χ4n) is 3.77. The molecule has 1 aliphatic heterocycles. The summed E-state index contributed by atoms with van der Waals surface area (Å²) in [6, 6.07) is 10.6. The van der Waals surface area contributed by atoms with E-state index in [9.17, 15) is 4.79 Å². The second-order valence-corrected chi connectivity index (χ2v) is 6.86. The van der Waals surface area contributed by atoms with Crippen molar-refractivity contribution in [2.75, 3.05) is 19.7 Å². The molecule has 0 spiro atoms. The highest BCUT2D eigenvalue weighted by atomic mass is 16.5. The molecule has 1 amide bonds. The number of hydrogen-bond donors (Lipinski definition) is 1. The minimum atomic E-state index is 0.0480. The van der Waals surface area contributed by atoms with Crippen molar-refractivity contribution < 1.29 is 9.53 Å². The molecular weight excluding hydrogens is 288 g/mol. The third-order valence-corrected chi connectivity index (χ3v) is 5.15. The van der Waals surface area contributed by atoms with Crippen molar-refractivity contribution >= 4 is 5.91 Å². The number of nitrogens with two attached hydrogens (primary N) is 1. The lowest BCUT2D eigenvalue weighted by atomic mass is 10.0. The zero-order chi connectivity index (χ0) is 16.1. The van der Waals surface area contributed by atoms with Crippen LogP contribution in [0.25, 0.3) is 0 Å². The van der Waals surface area contributed by atoms with Crippen molar-refractivity contribution in [1.29, 1.82) is 0 Å². The molecule has 0 bridgehead atoms. The first kappa shape index (κ1) is 16.5. The third-order valence-electron chi connectivity index (χ3n) is 5.15. The maximum atomic E-state index is 12.5. The van der Waals surface area contributed by atoms with E-state index < -0.39 is 0 Å². The van der Waals surface area contributed by atoms with Gasteiger partial charge in [-0.05, 0) is 37.7 Å². The van der Waals surface area contributed by atoms with Crippen molar-refractivity contribution in [3.63, 3.8) is 0 Å². The molecule has 1 heterocycles. The molecule has 23 heavy (non-hydrogen) atoms. The van der Waals surface area contributed by atoms with Crippen LogP contribution in [-0.2, 0) is 16.0 Å². The zero-order valence-electron chi connectivity index (χ0n) is 13.8. The largest absolute Gasteiger partial charge is 0.376 e. The van der Waals surface area contributed by atoms with Gasteiger partial charge in [0.05, 0.1) is 12.0 Å². The van der Waals surface area contributed by atoms with E-state index in [1.165, 1.54) is 5.56 Å². The lowest BCUT2D eigenvalue weighted by Gasteiger charge is -2.23. The number of amides is 1. The highest BCUT2D eigenvalue weighted by Crippen LogP contribution is 2.27. The van der Waals surface area contributed by atoms with Gasteiger partial charge in [-0.1, -0.05) is 36.8 Å². The third kappa shape index (κ3) is 4.33. The smallest absolute Gasteiger partial charge is 0.227 e. The van der Waals surface area contributed by atoms with E-state index in [1.54, 1.807) is 0 Å². The number of likely N-dealkylation sites (tertiary alicyclic amines) is 1. The molecule has 2 N–H and O–H groups in total. The molecule has 1 aromatic carbocycles. The van der Waals surface area contributed by atoms with Crippen LogP contribution in [-0.4, -0.2) is 42.6 Å². The number of rotatable bonds is 6. The Bertz CT molecular complexity index is 505. The molecule has 126 valence electrons. The highest BCUT2D eigenvalue weighted by Gasteiger charge is 2.36. The Morgan fingerprint density at radius 3 is 2.78 bits per heavy atom. The van der Waals surface area contributed by atoms with E-state index in [0.29, 0.717) is 0 Å². The van der Waals surface area contributed by atoms with E-state index in [4.69, 9.17) is 10.5 Å². The Morgan fingerprint density at radius 2 is 2.04 bits per heavy atom. The van der Waals surface area contributed by atoms with Gasteiger partial charge in [-0.2, -0.15) is 0 Å². The van der Waals surface area contributed by atoms with Gasteiger partial charge in [0.25, 0.3) is 0 Å². The Morgan fingerprint density at radius 1 is 1.22 bits per heavy atom. The highest BCUT2D eigenvalue weighted by molar-refractivity contribution is 5.80. The molecule has 3 rings (SSSR count). The van der Waals surface area contributed by atoms with Crippen molar-refractivity contribution in [2.45, 2.75) is 50.7 Å². The van der Waals surface area contributed by atoms with Gasteiger partial charge in [0.15, 0.2) is 0 Å². The molecule has 4 nitrogen and oxygen atoms in total. The van der Waals surface area contributed by atoms with Gasteiger partial charge in [0, 0.05) is 25.7 Å². The first-order valence-electron chi connectivity index (χ1n) is 8.94. The minimum absolute atomic E-state index is 0.0480. The summed E-state index contributed by atoms with van der Waals surface area (Å²) in [5.74, 6) is 0.303. The van der Waals surface area contributed by atoms with Gasteiger partial charge >= 0.3 is 0 Å². The number of nitrogens with zero attached hydrogens (tertiary/aromatic N) is 1. The zero-order valence-corrected chi connectivity index (χ0v) is 13.8. The first-order chi connectivity index (χ1) is 11.2. The molecule has 2 aliphatic rings. The summed E-state index contributed by atoms with van der Waals surface area (Å²) in [5, 5.41) is 0. The van der Waals surface area contributed by atoms with Crippen molar-refractivity contribution in [1.82, 2.24) is 4.90 Å². The number of hydrogen-bond acceptors (Lipinski definition) is 3. The lowest BCUT2D eigenvalue weighted by Crippen LogP contribution is -2.41. The molecule has 4 heteroatoms. The second kappa shape index (κ2) is 7.93. The van der Waals surface area contributed by atoms with Crippen LogP contribution in [0.5, 0.6) is 0 Å². The van der Waals surface area contributed by atoms with Crippen molar-refractivity contribution in [2.24, 2.45) is 11.7 Å². The van der Waals surface area contributed by atoms with Crippen LogP contribution in [0.2, 0.25) is 0 Å². The summed E-state index contributed by atoms with van der Waals surface area (Å²) in [6.45, 7) is 2.34. The van der Waals surface area contributed by atoms with E-state index in [2.05, 4.69) is 24.3 Å². The summed E-state index contributed by atoms with van der Waals surface area (Å²) >= 11 is 0. The van der Waals surface area contributed by atoms with Gasteiger partial charge in [-0.25, -0.2) is 0 Å². The van der Waals surface area contributed by atoms with Crippen molar-refractivity contribution in [3.05, 3.63) is 35.9 Å². The second-order valence-electron chi connectivity index (χ2n) is 6.86. The molecule has 1 saturated heterocycles. The fraction of sp³-hybridized carbons (Fsp3) is 0.632. The monoisotopic (exact) mass is 316 g/mol. The molecule has 0 aromatic heterocycles. The molecule has 1 aliphatic carbocycles. The van der Waals surface area contributed by atoms with Gasteiger partial charge in [-0.3, -0.25) is 4.79 Å². The molecule has 3 atom stereocenters. The summed E-state index contributed by atoms with van der Waals surface area (Å²) in [5.41, 5.74) is 7.41. The summed E-state index contributed by atoms with van der Waals surface area (Å²) < 4.78 is 5.97. The molecule has 2 fully saturated rings. The fourth-order valence-corrected chi connectivity index (χ4v) is 3.77. The summed E-state index contributed by atoms with van der Waals surface area (Å²) in [6.07, 6.45) is 6.27. The normalized spacial score (nSPS) is 27.5. The van der Waals surface area contributed by atoms with Crippen LogP contribution >= 0.6 is 0 Å². The van der Waals surface area contributed by atoms with E-state index >= 15 is 0 Å². The van der Waals surface area contributed by atoms with E-state index in [0.717, 1.165) is 58.2 Å². The van der Waals surface area contributed by atoms with Gasteiger partial charge in [0.2, 0.25) is 5.91 Å². The van der Waals surface area contributed by atoms with Crippen LogP contribution in [0.4, 0.5) is 0 Å². The number of ether oxygens (including phenoxy) is 1. The van der Waals surface area contributed by atoms with Crippen LogP contribution < -0.4 is 5.73 Å². The Balaban J connectivity index is 1.36. The van der Waals surface area contributed by atoms with E-state index in [1.807, 2.05) is 11.0 Å². The topological polar surface area (TPSA) is 55.6 Å². The SMILES string of the molecule is NC1CCCC1C(=O)N1CCC(OCCCc2ccccc2)C1. The predicted octanol–water partition coefficient (Wildman–Crippen LogP) is 2.36. The average Bonchev–Trinajstić information content (AvgIpc) is 3.21. The summed E-state index contributed by atoms with van der Waals surface area (Å²) in [7, 11) is 0. The van der Waals surface area contributed by atoms with Crippen LogP contribution in [0, 0.1) is 5.92 Å². The number of benzene rings is 1. The molecular formula is C19H28N2O2. The van der Waals surface area contributed by atoms with Gasteiger partial charge < -0.3 is 15.4 Å². The number of carbonyl (C=O) groups is 1.